The maximum atomic E-state index is 12.3. The molecule has 2 aromatic carbocycles. The summed E-state index contributed by atoms with van der Waals surface area (Å²) in [6.07, 6.45) is 1.87. The molecule has 4 aromatic rings. The molecule has 136 valence electrons. The van der Waals surface area contributed by atoms with E-state index in [1.165, 1.54) is 5.56 Å². The Morgan fingerprint density at radius 1 is 1.07 bits per heavy atom. The van der Waals surface area contributed by atoms with Gasteiger partial charge in [-0.25, -0.2) is 4.98 Å². The van der Waals surface area contributed by atoms with Gasteiger partial charge in [-0.15, -0.1) is 0 Å². The molecule has 1 amide bonds. The molecular formula is C22H21N3O2. The fraction of sp³-hybridized carbons (Fsp3) is 0.182. The van der Waals surface area contributed by atoms with Crippen LogP contribution in [0.15, 0.2) is 65.3 Å². The van der Waals surface area contributed by atoms with E-state index >= 15 is 0 Å². The minimum absolute atomic E-state index is 0.113. The maximum absolute atomic E-state index is 12.3. The van der Waals surface area contributed by atoms with Gasteiger partial charge in [0, 0.05) is 13.1 Å². The van der Waals surface area contributed by atoms with Crippen LogP contribution in [0.25, 0.3) is 11.0 Å². The summed E-state index contributed by atoms with van der Waals surface area (Å²) < 4.78 is 7.55. The van der Waals surface area contributed by atoms with Gasteiger partial charge in [0.05, 0.1) is 22.9 Å². The normalized spacial score (nSPS) is 11.0. The SMILES string of the molecule is Cc1cc(C(=O)NCc2ccc(Cn3cnc4ccccc43)cc2)c(C)o1. The molecule has 0 fully saturated rings. The predicted octanol–water partition coefficient (Wildman–Crippen LogP) is 4.22. The van der Waals surface area contributed by atoms with Crippen molar-refractivity contribution in [3.8, 4) is 0 Å². The number of para-hydroxylation sites is 2. The van der Waals surface area contributed by atoms with Crippen molar-refractivity contribution < 1.29 is 9.21 Å². The topological polar surface area (TPSA) is 60.1 Å². The van der Waals surface area contributed by atoms with Gasteiger partial charge in [-0.05, 0) is 43.2 Å². The van der Waals surface area contributed by atoms with Crippen LogP contribution >= 0.6 is 0 Å². The Labute approximate surface area is 157 Å². The van der Waals surface area contributed by atoms with Crippen molar-refractivity contribution in [2.24, 2.45) is 0 Å². The summed E-state index contributed by atoms with van der Waals surface area (Å²) in [6.45, 7) is 4.89. The molecule has 4 rings (SSSR count). The molecule has 0 unspecified atom stereocenters. The summed E-state index contributed by atoms with van der Waals surface area (Å²) in [4.78, 5) is 16.7. The standard InChI is InChI=1S/C22H21N3O2/c1-15-11-19(16(2)27-15)22(26)23-12-17-7-9-18(10-8-17)13-25-14-24-20-5-3-4-6-21(20)25/h3-11,14H,12-13H2,1-2H3,(H,23,26). The number of aryl methyl sites for hydroxylation is 2. The fourth-order valence-corrected chi connectivity index (χ4v) is 3.23. The van der Waals surface area contributed by atoms with E-state index in [2.05, 4.69) is 33.1 Å². The number of imidazole rings is 1. The number of benzene rings is 2. The number of amides is 1. The first-order chi connectivity index (χ1) is 13.1. The summed E-state index contributed by atoms with van der Waals surface area (Å²) in [6, 6.07) is 18.1. The van der Waals surface area contributed by atoms with Gasteiger partial charge in [0.2, 0.25) is 0 Å². The van der Waals surface area contributed by atoms with Crippen molar-refractivity contribution in [1.82, 2.24) is 14.9 Å². The molecule has 27 heavy (non-hydrogen) atoms. The zero-order chi connectivity index (χ0) is 18.8. The number of furan rings is 1. The average molecular weight is 359 g/mol. The van der Waals surface area contributed by atoms with Crippen LogP contribution in [-0.2, 0) is 13.1 Å². The largest absolute Gasteiger partial charge is 0.466 e. The number of nitrogens with zero attached hydrogens (tertiary/aromatic N) is 2. The monoisotopic (exact) mass is 359 g/mol. The second-order valence-corrected chi connectivity index (χ2v) is 6.69. The Bertz CT molecular complexity index is 1090. The highest BCUT2D eigenvalue weighted by molar-refractivity contribution is 5.95. The zero-order valence-electron chi connectivity index (χ0n) is 15.4. The number of rotatable bonds is 5. The van der Waals surface area contributed by atoms with Crippen molar-refractivity contribution in [3.63, 3.8) is 0 Å². The van der Waals surface area contributed by atoms with Crippen LogP contribution in [0.3, 0.4) is 0 Å². The Balaban J connectivity index is 1.40. The summed E-state index contributed by atoms with van der Waals surface area (Å²) in [7, 11) is 0. The lowest BCUT2D eigenvalue weighted by molar-refractivity contribution is 0.0949. The van der Waals surface area contributed by atoms with Crippen molar-refractivity contribution in [3.05, 3.63) is 89.1 Å². The molecule has 5 heteroatoms. The summed E-state index contributed by atoms with van der Waals surface area (Å²) in [5.41, 5.74) is 4.97. The molecule has 1 N–H and O–H groups in total. The summed E-state index contributed by atoms with van der Waals surface area (Å²) in [5.74, 6) is 1.28. The van der Waals surface area contributed by atoms with Crippen LogP contribution < -0.4 is 5.32 Å². The zero-order valence-corrected chi connectivity index (χ0v) is 15.4. The number of hydrogen-bond acceptors (Lipinski definition) is 3. The molecule has 0 aliphatic carbocycles. The quantitative estimate of drug-likeness (QED) is 0.580. The molecule has 0 radical (unpaired) electrons. The van der Waals surface area contributed by atoms with E-state index in [4.69, 9.17) is 4.42 Å². The van der Waals surface area contributed by atoms with Crippen LogP contribution in [0.5, 0.6) is 0 Å². The number of carbonyl (C=O) groups excluding carboxylic acids is 1. The Kier molecular flexibility index (Phi) is 4.50. The van der Waals surface area contributed by atoms with Gasteiger partial charge in [0.25, 0.3) is 5.91 Å². The van der Waals surface area contributed by atoms with Crippen molar-refractivity contribution in [2.75, 3.05) is 0 Å². The van der Waals surface area contributed by atoms with Gasteiger partial charge in [-0.3, -0.25) is 4.79 Å². The van der Waals surface area contributed by atoms with Gasteiger partial charge < -0.3 is 14.3 Å². The second-order valence-electron chi connectivity index (χ2n) is 6.69. The third-order valence-electron chi connectivity index (χ3n) is 4.64. The lowest BCUT2D eigenvalue weighted by atomic mass is 10.1. The van der Waals surface area contributed by atoms with Gasteiger partial charge >= 0.3 is 0 Å². The van der Waals surface area contributed by atoms with E-state index in [9.17, 15) is 4.79 Å². The molecule has 0 bridgehead atoms. The Hall–Kier alpha value is -3.34. The van der Waals surface area contributed by atoms with Gasteiger partial charge in [0.1, 0.15) is 11.5 Å². The molecule has 0 atom stereocenters. The summed E-state index contributed by atoms with van der Waals surface area (Å²) >= 11 is 0. The number of fused-ring (bicyclic) bond motifs is 1. The van der Waals surface area contributed by atoms with Crippen molar-refractivity contribution in [2.45, 2.75) is 26.9 Å². The van der Waals surface area contributed by atoms with E-state index < -0.39 is 0 Å². The molecular weight excluding hydrogens is 338 g/mol. The van der Waals surface area contributed by atoms with Crippen LogP contribution in [-0.4, -0.2) is 15.5 Å². The average Bonchev–Trinajstić information content (AvgIpc) is 3.23. The first-order valence-electron chi connectivity index (χ1n) is 8.93. The second kappa shape index (κ2) is 7.11. The van der Waals surface area contributed by atoms with Crippen LogP contribution in [0.4, 0.5) is 0 Å². The van der Waals surface area contributed by atoms with E-state index in [0.29, 0.717) is 17.9 Å². The molecule has 0 spiro atoms. The molecule has 0 aliphatic rings. The van der Waals surface area contributed by atoms with Crippen LogP contribution in [0.1, 0.15) is 33.0 Å². The first-order valence-corrected chi connectivity index (χ1v) is 8.93. The number of nitrogens with one attached hydrogen (secondary N) is 1. The van der Waals surface area contributed by atoms with E-state index in [-0.39, 0.29) is 5.91 Å². The molecule has 5 nitrogen and oxygen atoms in total. The molecule has 2 heterocycles. The van der Waals surface area contributed by atoms with Crippen LogP contribution in [0, 0.1) is 13.8 Å². The number of carbonyl (C=O) groups is 1. The van der Waals surface area contributed by atoms with E-state index in [1.54, 1.807) is 13.0 Å². The minimum atomic E-state index is -0.113. The number of aromatic nitrogens is 2. The first kappa shape index (κ1) is 17.1. The Morgan fingerprint density at radius 3 is 2.56 bits per heavy atom. The highest BCUT2D eigenvalue weighted by Gasteiger charge is 2.13. The highest BCUT2D eigenvalue weighted by atomic mass is 16.3. The third-order valence-corrected chi connectivity index (χ3v) is 4.64. The fourth-order valence-electron chi connectivity index (χ4n) is 3.23. The third kappa shape index (κ3) is 3.62. The smallest absolute Gasteiger partial charge is 0.255 e. The Morgan fingerprint density at radius 2 is 1.81 bits per heavy atom. The van der Waals surface area contributed by atoms with E-state index in [0.717, 1.165) is 28.9 Å². The molecule has 0 saturated heterocycles. The molecule has 0 aliphatic heterocycles. The number of hydrogen-bond donors (Lipinski definition) is 1. The van der Waals surface area contributed by atoms with E-state index in [1.807, 2.05) is 43.6 Å². The molecule has 2 aromatic heterocycles. The summed E-state index contributed by atoms with van der Waals surface area (Å²) in [5, 5.41) is 2.94. The van der Waals surface area contributed by atoms with Crippen molar-refractivity contribution >= 4 is 16.9 Å². The maximum Gasteiger partial charge on any atom is 0.255 e. The lowest BCUT2D eigenvalue weighted by Gasteiger charge is -2.08. The highest BCUT2D eigenvalue weighted by Crippen LogP contribution is 2.15. The van der Waals surface area contributed by atoms with Crippen molar-refractivity contribution in [1.29, 1.82) is 0 Å². The minimum Gasteiger partial charge on any atom is -0.466 e. The predicted molar refractivity (Wildman–Crippen MR) is 105 cm³/mol. The van der Waals surface area contributed by atoms with Gasteiger partial charge in [-0.2, -0.15) is 0 Å². The van der Waals surface area contributed by atoms with Gasteiger partial charge in [0.15, 0.2) is 0 Å². The lowest BCUT2D eigenvalue weighted by Crippen LogP contribution is -2.22. The molecule has 0 saturated carbocycles. The van der Waals surface area contributed by atoms with Crippen LogP contribution in [0.2, 0.25) is 0 Å². The van der Waals surface area contributed by atoms with Gasteiger partial charge in [-0.1, -0.05) is 36.4 Å².